The minimum atomic E-state index is -3.24. The molecule has 3 rings (SSSR count). The summed E-state index contributed by atoms with van der Waals surface area (Å²) in [5.41, 5.74) is 4.72. The molecule has 0 bridgehead atoms. The van der Waals surface area contributed by atoms with Gasteiger partial charge < -0.3 is 0 Å². The number of aryl methyl sites for hydroxylation is 2. The number of Topliss-reactive ketones (excluding diaryl/α,β-unsaturated/α-hetero) is 1. The van der Waals surface area contributed by atoms with Gasteiger partial charge >= 0.3 is 0 Å². The van der Waals surface area contributed by atoms with Crippen LogP contribution in [0.3, 0.4) is 0 Å². The normalized spacial score (nSPS) is 12.5. The van der Waals surface area contributed by atoms with E-state index < -0.39 is 14.6 Å². The maximum Gasteiger partial charge on any atom is 0.167 e. The number of carbonyl (C=O) groups is 1. The van der Waals surface area contributed by atoms with Crippen LogP contribution in [0.5, 0.6) is 0 Å². The van der Waals surface area contributed by atoms with Crippen molar-refractivity contribution < 1.29 is 13.2 Å². The van der Waals surface area contributed by atoms with Crippen LogP contribution in [0.15, 0.2) is 41.8 Å². The maximum atomic E-state index is 12.8. The number of hydrogen-bond donors (Lipinski definition) is 0. The number of benzene rings is 2. The smallest absolute Gasteiger partial charge is 0.167 e. The Labute approximate surface area is 171 Å². The van der Waals surface area contributed by atoms with Crippen molar-refractivity contribution in [3.8, 4) is 0 Å². The molecule has 0 fully saturated rings. The quantitative estimate of drug-likeness (QED) is 0.506. The van der Waals surface area contributed by atoms with E-state index in [1.54, 1.807) is 56.4 Å². The van der Waals surface area contributed by atoms with Crippen LogP contribution < -0.4 is 0 Å². The topological polar surface area (TPSA) is 51.2 Å². The summed E-state index contributed by atoms with van der Waals surface area (Å²) in [6.45, 7) is 9.26. The zero-order valence-electron chi connectivity index (χ0n) is 17.0. The number of fused-ring (bicyclic) bond motifs is 1. The molecule has 0 aliphatic carbocycles. The van der Waals surface area contributed by atoms with E-state index >= 15 is 0 Å². The number of carbonyl (C=O) groups excluding carboxylic acids is 1. The van der Waals surface area contributed by atoms with Gasteiger partial charge in [-0.1, -0.05) is 30.3 Å². The summed E-state index contributed by atoms with van der Waals surface area (Å²) >= 11 is 1.71. The van der Waals surface area contributed by atoms with Crippen molar-refractivity contribution in [2.24, 2.45) is 0 Å². The number of sulfone groups is 1. The van der Waals surface area contributed by atoms with E-state index in [0.29, 0.717) is 17.5 Å². The molecule has 148 valence electrons. The molecule has 3 nitrogen and oxygen atoms in total. The zero-order valence-corrected chi connectivity index (χ0v) is 18.6. The number of rotatable bonds is 5. The van der Waals surface area contributed by atoms with Crippen LogP contribution in [0, 0.1) is 13.8 Å². The molecule has 0 atom stereocenters. The Morgan fingerprint density at radius 1 is 1.04 bits per heavy atom. The third-order valence-electron chi connectivity index (χ3n) is 5.22. The van der Waals surface area contributed by atoms with Crippen molar-refractivity contribution in [3.05, 3.63) is 69.6 Å². The Kier molecular flexibility index (Phi) is 5.52. The van der Waals surface area contributed by atoms with Gasteiger partial charge in [0.15, 0.2) is 15.6 Å². The highest BCUT2D eigenvalue weighted by Crippen LogP contribution is 2.30. The molecule has 0 saturated carbocycles. The average molecular weight is 415 g/mol. The maximum absolute atomic E-state index is 12.8. The van der Waals surface area contributed by atoms with Crippen molar-refractivity contribution in [2.45, 2.75) is 51.5 Å². The van der Waals surface area contributed by atoms with Gasteiger partial charge in [-0.15, -0.1) is 11.3 Å². The summed E-state index contributed by atoms with van der Waals surface area (Å²) in [5, 5.41) is 3.34. The first-order chi connectivity index (χ1) is 13.0. The highest BCUT2D eigenvalue weighted by molar-refractivity contribution is 7.91. The largest absolute Gasteiger partial charge is 0.294 e. The second-order valence-electron chi connectivity index (χ2n) is 8.31. The summed E-state index contributed by atoms with van der Waals surface area (Å²) < 4.78 is 25.2. The van der Waals surface area contributed by atoms with Crippen LogP contribution in [-0.4, -0.2) is 18.9 Å². The Balaban J connectivity index is 1.80. The molecule has 0 aliphatic rings. The van der Waals surface area contributed by atoms with Crippen LogP contribution in [0.2, 0.25) is 0 Å². The number of thiophene rings is 1. The molecule has 0 saturated heterocycles. The zero-order chi connectivity index (χ0) is 20.7. The van der Waals surface area contributed by atoms with Gasteiger partial charge in [-0.2, -0.15) is 0 Å². The van der Waals surface area contributed by atoms with Crippen molar-refractivity contribution in [3.63, 3.8) is 0 Å². The summed E-state index contributed by atoms with van der Waals surface area (Å²) in [5.74, 6) is 0.0295. The fraction of sp³-hybridized carbons (Fsp3) is 0.348. The summed E-state index contributed by atoms with van der Waals surface area (Å²) in [6, 6.07) is 11.2. The Hall–Kier alpha value is -1.98. The van der Waals surface area contributed by atoms with Crippen LogP contribution >= 0.6 is 11.3 Å². The van der Waals surface area contributed by atoms with Gasteiger partial charge in [-0.05, 0) is 73.7 Å². The summed E-state index contributed by atoms with van der Waals surface area (Å²) in [6.07, 6.45) is 0.347. The minimum absolute atomic E-state index is 0.0156. The van der Waals surface area contributed by atoms with Gasteiger partial charge in [-0.3, -0.25) is 4.79 Å². The van der Waals surface area contributed by atoms with Gasteiger partial charge in [0, 0.05) is 16.7 Å². The Morgan fingerprint density at radius 2 is 1.68 bits per heavy atom. The van der Waals surface area contributed by atoms with E-state index in [1.165, 1.54) is 15.6 Å². The van der Waals surface area contributed by atoms with Crippen LogP contribution in [0.1, 0.15) is 53.4 Å². The van der Waals surface area contributed by atoms with Gasteiger partial charge in [-0.25, -0.2) is 8.42 Å². The van der Waals surface area contributed by atoms with Crippen molar-refractivity contribution >= 4 is 37.0 Å². The summed E-state index contributed by atoms with van der Waals surface area (Å²) in [4.78, 5) is 12.8. The first kappa shape index (κ1) is 20.7. The fourth-order valence-corrected chi connectivity index (χ4v) is 5.25. The van der Waals surface area contributed by atoms with E-state index in [1.807, 2.05) is 0 Å². The van der Waals surface area contributed by atoms with E-state index in [4.69, 9.17) is 0 Å². The lowest BCUT2D eigenvalue weighted by atomic mass is 9.96. The lowest BCUT2D eigenvalue weighted by Gasteiger charge is -2.19. The van der Waals surface area contributed by atoms with Crippen LogP contribution in [0.4, 0.5) is 0 Å². The van der Waals surface area contributed by atoms with Gasteiger partial charge in [0.2, 0.25) is 0 Å². The minimum Gasteiger partial charge on any atom is -0.294 e. The molecule has 0 amide bonds. The van der Waals surface area contributed by atoms with E-state index in [9.17, 15) is 13.2 Å². The SMILES string of the molecule is Cc1cc(CC(=O)c2ccc(CS(=O)(=O)C(C)(C)C)cc2)c(C)c2sccc12. The molecular weight excluding hydrogens is 388 g/mol. The molecule has 3 aromatic rings. The molecule has 1 heterocycles. The predicted molar refractivity (Wildman–Crippen MR) is 118 cm³/mol. The van der Waals surface area contributed by atoms with E-state index in [2.05, 4.69) is 31.4 Å². The monoisotopic (exact) mass is 414 g/mol. The molecule has 2 aromatic carbocycles. The third kappa shape index (κ3) is 4.06. The fourth-order valence-electron chi connectivity index (χ4n) is 3.18. The number of ketones is 1. The highest BCUT2D eigenvalue weighted by atomic mass is 32.2. The van der Waals surface area contributed by atoms with Gasteiger partial charge in [0.1, 0.15) is 0 Å². The summed E-state index contributed by atoms with van der Waals surface area (Å²) in [7, 11) is -3.24. The first-order valence-corrected chi connectivity index (χ1v) is 11.8. The lowest BCUT2D eigenvalue weighted by molar-refractivity contribution is 0.0993. The standard InChI is InChI=1S/C23H26O3S2/c1-15-12-19(16(2)22-20(15)10-11-27-22)13-21(24)18-8-6-17(7-9-18)14-28(25,26)23(3,4)5/h6-12H,13-14H2,1-5H3. The second kappa shape index (κ2) is 7.45. The molecule has 0 radical (unpaired) electrons. The van der Waals surface area contributed by atoms with Gasteiger partial charge in [0.25, 0.3) is 0 Å². The van der Waals surface area contributed by atoms with E-state index in [0.717, 1.165) is 11.1 Å². The third-order valence-corrected chi connectivity index (χ3v) is 8.83. The van der Waals surface area contributed by atoms with Crippen molar-refractivity contribution in [1.82, 2.24) is 0 Å². The van der Waals surface area contributed by atoms with Crippen LogP contribution in [-0.2, 0) is 22.0 Å². The molecule has 0 aliphatic heterocycles. The number of hydrogen-bond acceptors (Lipinski definition) is 4. The molecule has 28 heavy (non-hydrogen) atoms. The molecule has 5 heteroatoms. The molecule has 0 N–H and O–H groups in total. The molecule has 0 spiro atoms. The lowest BCUT2D eigenvalue weighted by Crippen LogP contribution is -2.29. The molecule has 0 unspecified atom stereocenters. The average Bonchev–Trinajstić information content (AvgIpc) is 3.09. The highest BCUT2D eigenvalue weighted by Gasteiger charge is 2.29. The predicted octanol–water partition coefficient (Wildman–Crippen LogP) is 5.66. The van der Waals surface area contributed by atoms with Gasteiger partial charge in [0.05, 0.1) is 10.5 Å². The molecule has 1 aromatic heterocycles. The molecular formula is C23H26O3S2. The second-order valence-corrected chi connectivity index (χ2v) is 12.0. The first-order valence-electron chi connectivity index (χ1n) is 9.30. The Morgan fingerprint density at radius 3 is 2.29 bits per heavy atom. The van der Waals surface area contributed by atoms with E-state index in [-0.39, 0.29) is 11.5 Å². The van der Waals surface area contributed by atoms with Crippen molar-refractivity contribution in [1.29, 1.82) is 0 Å². The Bertz CT molecular complexity index is 1130. The van der Waals surface area contributed by atoms with Crippen molar-refractivity contribution in [2.75, 3.05) is 0 Å². The van der Waals surface area contributed by atoms with Crippen LogP contribution in [0.25, 0.3) is 10.1 Å².